The van der Waals surface area contributed by atoms with Crippen molar-refractivity contribution in [1.82, 2.24) is 10.2 Å². The average Bonchev–Trinajstić information content (AvgIpc) is 2.79. The molecule has 1 amide bonds. The van der Waals surface area contributed by atoms with Gasteiger partial charge in [0.05, 0.1) is 17.5 Å². The quantitative estimate of drug-likeness (QED) is 0.827. The third-order valence-electron chi connectivity index (χ3n) is 4.72. The van der Waals surface area contributed by atoms with Gasteiger partial charge in [-0.25, -0.2) is 8.42 Å². The molecular formula is C15H28N2O3S. The fraction of sp³-hybridized carbons (Fsp3) is 0.933. The van der Waals surface area contributed by atoms with Gasteiger partial charge in [0.15, 0.2) is 9.84 Å². The molecule has 2 fully saturated rings. The van der Waals surface area contributed by atoms with Crippen LogP contribution in [-0.2, 0) is 14.6 Å². The number of hydrogen-bond donors (Lipinski definition) is 1. The zero-order chi connectivity index (χ0) is 15.5. The predicted molar refractivity (Wildman–Crippen MR) is 83.9 cm³/mol. The van der Waals surface area contributed by atoms with E-state index >= 15 is 0 Å². The number of carbonyl (C=O) groups is 1. The number of nitrogens with one attached hydrogen (secondary N) is 1. The summed E-state index contributed by atoms with van der Waals surface area (Å²) in [5, 5.41) is 3.33. The Morgan fingerprint density at radius 1 is 1.33 bits per heavy atom. The smallest absolute Gasteiger partial charge is 0.240 e. The number of carbonyl (C=O) groups excluding carboxylic acids is 1. The zero-order valence-electron chi connectivity index (χ0n) is 13.2. The number of nitrogens with zero attached hydrogens (tertiary/aromatic N) is 1. The summed E-state index contributed by atoms with van der Waals surface area (Å²) in [6.07, 6.45) is 4.71. The summed E-state index contributed by atoms with van der Waals surface area (Å²) in [7, 11) is -2.96. The molecule has 2 rings (SSSR count). The molecule has 2 aliphatic rings. The van der Waals surface area contributed by atoms with Crippen molar-refractivity contribution in [2.24, 2.45) is 5.92 Å². The summed E-state index contributed by atoms with van der Waals surface area (Å²) in [5.74, 6) is 0.802. The standard InChI is InChI=1S/C15H28N2O3S/c1-3-4-9-17(13-7-10-21(19,20)11-13)15(18)14-12(2)6-5-8-16-14/h12-14,16H,3-11H2,1-2H3. The lowest BCUT2D eigenvalue weighted by Crippen LogP contribution is -2.55. The van der Waals surface area contributed by atoms with E-state index in [1.54, 1.807) is 0 Å². The van der Waals surface area contributed by atoms with Gasteiger partial charge in [0, 0.05) is 12.6 Å². The molecule has 5 nitrogen and oxygen atoms in total. The highest BCUT2D eigenvalue weighted by molar-refractivity contribution is 7.91. The topological polar surface area (TPSA) is 66.5 Å². The van der Waals surface area contributed by atoms with Crippen molar-refractivity contribution in [3.05, 3.63) is 0 Å². The van der Waals surface area contributed by atoms with Crippen LogP contribution in [0.4, 0.5) is 0 Å². The van der Waals surface area contributed by atoms with Crippen molar-refractivity contribution in [2.45, 2.75) is 58.0 Å². The van der Waals surface area contributed by atoms with E-state index in [0.29, 0.717) is 18.9 Å². The molecule has 122 valence electrons. The third kappa shape index (κ3) is 4.19. The second kappa shape index (κ2) is 7.09. The second-order valence-corrected chi connectivity index (χ2v) is 8.72. The van der Waals surface area contributed by atoms with E-state index in [-0.39, 0.29) is 29.5 Å². The van der Waals surface area contributed by atoms with Gasteiger partial charge in [0.25, 0.3) is 0 Å². The van der Waals surface area contributed by atoms with Gasteiger partial charge in [0.1, 0.15) is 0 Å². The number of hydrogen-bond acceptors (Lipinski definition) is 4. The van der Waals surface area contributed by atoms with E-state index in [1.165, 1.54) is 0 Å². The minimum Gasteiger partial charge on any atom is -0.337 e. The lowest BCUT2D eigenvalue weighted by atomic mass is 9.91. The van der Waals surface area contributed by atoms with Gasteiger partial charge >= 0.3 is 0 Å². The normalized spacial score (nSPS) is 32.0. The molecule has 0 spiro atoms. The monoisotopic (exact) mass is 316 g/mol. The van der Waals surface area contributed by atoms with Crippen molar-refractivity contribution in [2.75, 3.05) is 24.6 Å². The van der Waals surface area contributed by atoms with Crippen molar-refractivity contribution >= 4 is 15.7 Å². The lowest BCUT2D eigenvalue weighted by Gasteiger charge is -2.36. The first-order chi connectivity index (χ1) is 9.94. The van der Waals surface area contributed by atoms with Gasteiger partial charge in [-0.2, -0.15) is 0 Å². The molecule has 1 N–H and O–H groups in total. The molecule has 0 aromatic heterocycles. The average molecular weight is 316 g/mol. The van der Waals surface area contributed by atoms with Gasteiger partial charge in [-0.05, 0) is 38.1 Å². The summed E-state index contributed by atoms with van der Waals surface area (Å²) < 4.78 is 23.5. The fourth-order valence-corrected chi connectivity index (χ4v) is 5.11. The van der Waals surface area contributed by atoms with Crippen LogP contribution in [0.25, 0.3) is 0 Å². The minimum atomic E-state index is -2.96. The molecule has 0 aromatic rings. The van der Waals surface area contributed by atoms with Crippen molar-refractivity contribution in [3.63, 3.8) is 0 Å². The maximum atomic E-state index is 12.9. The van der Waals surface area contributed by atoms with Gasteiger partial charge in [-0.1, -0.05) is 20.3 Å². The van der Waals surface area contributed by atoms with E-state index in [0.717, 1.165) is 32.2 Å². The molecule has 0 saturated carbocycles. The lowest BCUT2D eigenvalue weighted by molar-refractivity contribution is -0.137. The van der Waals surface area contributed by atoms with Crippen LogP contribution in [0.2, 0.25) is 0 Å². The Morgan fingerprint density at radius 3 is 2.67 bits per heavy atom. The van der Waals surface area contributed by atoms with Crippen LogP contribution in [0.5, 0.6) is 0 Å². The number of amides is 1. The van der Waals surface area contributed by atoms with E-state index in [9.17, 15) is 13.2 Å². The predicted octanol–water partition coefficient (Wildman–Crippen LogP) is 1.19. The van der Waals surface area contributed by atoms with Gasteiger partial charge in [-0.3, -0.25) is 4.79 Å². The highest BCUT2D eigenvalue weighted by atomic mass is 32.2. The summed E-state index contributed by atoms with van der Waals surface area (Å²) in [4.78, 5) is 14.7. The first-order valence-corrected chi connectivity index (χ1v) is 10.0. The Labute approximate surface area is 128 Å². The molecule has 3 atom stereocenters. The third-order valence-corrected chi connectivity index (χ3v) is 6.47. The SMILES string of the molecule is CCCCN(C(=O)C1NCCCC1C)C1CCS(=O)(=O)C1. The highest BCUT2D eigenvalue weighted by Crippen LogP contribution is 2.23. The Balaban J connectivity index is 2.09. The van der Waals surface area contributed by atoms with Gasteiger partial charge in [-0.15, -0.1) is 0 Å². The Kier molecular flexibility index (Phi) is 5.66. The molecule has 21 heavy (non-hydrogen) atoms. The zero-order valence-corrected chi connectivity index (χ0v) is 14.0. The number of rotatable bonds is 5. The molecule has 2 saturated heterocycles. The van der Waals surface area contributed by atoms with E-state index in [4.69, 9.17) is 0 Å². The molecule has 2 heterocycles. The van der Waals surface area contributed by atoms with Crippen LogP contribution in [0.15, 0.2) is 0 Å². The maximum Gasteiger partial charge on any atom is 0.240 e. The van der Waals surface area contributed by atoms with E-state index < -0.39 is 9.84 Å². The van der Waals surface area contributed by atoms with Crippen LogP contribution in [0.3, 0.4) is 0 Å². The van der Waals surface area contributed by atoms with Crippen LogP contribution in [0.1, 0.15) is 46.0 Å². The molecule has 6 heteroatoms. The molecule has 0 aliphatic carbocycles. The maximum absolute atomic E-state index is 12.9. The molecule has 0 bridgehead atoms. The fourth-order valence-electron chi connectivity index (χ4n) is 3.38. The molecule has 0 aromatic carbocycles. The molecular weight excluding hydrogens is 288 g/mol. The summed E-state index contributed by atoms with van der Waals surface area (Å²) in [6, 6.07) is -0.260. The Morgan fingerprint density at radius 2 is 2.10 bits per heavy atom. The van der Waals surface area contributed by atoms with Gasteiger partial charge < -0.3 is 10.2 Å². The van der Waals surface area contributed by atoms with Crippen molar-refractivity contribution in [3.8, 4) is 0 Å². The largest absolute Gasteiger partial charge is 0.337 e. The van der Waals surface area contributed by atoms with Gasteiger partial charge in [0.2, 0.25) is 5.91 Å². The first-order valence-electron chi connectivity index (χ1n) is 8.19. The molecule has 2 aliphatic heterocycles. The molecule has 3 unspecified atom stereocenters. The van der Waals surface area contributed by atoms with E-state index in [1.807, 2.05) is 4.90 Å². The molecule has 0 radical (unpaired) electrons. The van der Waals surface area contributed by atoms with Crippen molar-refractivity contribution < 1.29 is 13.2 Å². The summed E-state index contributed by atoms with van der Waals surface area (Å²) in [6.45, 7) is 5.76. The minimum absolute atomic E-state index is 0.109. The highest BCUT2D eigenvalue weighted by Gasteiger charge is 2.38. The number of sulfone groups is 1. The Bertz CT molecular complexity index is 464. The first kappa shape index (κ1) is 16.7. The van der Waals surface area contributed by atoms with Crippen LogP contribution >= 0.6 is 0 Å². The number of piperidine rings is 1. The second-order valence-electron chi connectivity index (χ2n) is 6.49. The van der Waals surface area contributed by atoms with E-state index in [2.05, 4.69) is 19.2 Å². The summed E-state index contributed by atoms with van der Waals surface area (Å²) in [5.41, 5.74) is 0. The summed E-state index contributed by atoms with van der Waals surface area (Å²) >= 11 is 0. The Hall–Kier alpha value is -0.620. The van der Waals surface area contributed by atoms with Crippen molar-refractivity contribution in [1.29, 1.82) is 0 Å². The van der Waals surface area contributed by atoms with Crippen LogP contribution in [-0.4, -0.2) is 55.9 Å². The van der Waals surface area contributed by atoms with Crippen LogP contribution in [0, 0.1) is 5.92 Å². The van der Waals surface area contributed by atoms with Crippen LogP contribution < -0.4 is 5.32 Å². The number of unbranched alkanes of at least 4 members (excludes halogenated alkanes) is 1.